The van der Waals surface area contributed by atoms with Crippen molar-refractivity contribution in [2.45, 2.75) is 95.9 Å². The lowest BCUT2D eigenvalue weighted by Crippen LogP contribution is -2.51. The number of carbonyl (C=O) groups is 1. The molecule has 6 aliphatic rings. The van der Waals surface area contributed by atoms with Crippen LogP contribution in [-0.2, 0) is 9.53 Å². The second-order valence-corrected chi connectivity index (χ2v) is 21.1. The van der Waals surface area contributed by atoms with Gasteiger partial charge >= 0.3 is 26.9 Å². The number of esters is 1. The maximum atomic E-state index is 17.6. The molecule has 0 N–H and O–H groups in total. The largest absolute Gasteiger partial charge is 0.737 e. The third-order valence-electron chi connectivity index (χ3n) is 16.3. The number of rotatable bonds is 5. The van der Waals surface area contributed by atoms with Crippen molar-refractivity contribution in [2.75, 3.05) is 7.11 Å². The fourth-order valence-corrected chi connectivity index (χ4v) is 13.3. The third kappa shape index (κ3) is 6.93. The minimum absolute atomic E-state index is 0.0605. The zero-order valence-electron chi connectivity index (χ0n) is 44.8. The Bertz CT molecular complexity index is 4030. The lowest BCUT2D eigenvalue weighted by molar-refractivity contribution is -0.364. The SMILES string of the molecule is COC(=O)CCC1=C2C(C)=C(C#Cc3ccc(C4=C5C(C)=CC(C)=[N+]5[B-](F)(F)n5c(C)cc(C)c54)cc3)C(C)=[N+]2[B-](F)(F)n2c(C)c(C#Cc3ccc(C4=C5C(C)=CC(C)=[N+]5[B-](F)(F)n5c(C)cc(C)c54)cc3)c(C)c21. The van der Waals surface area contributed by atoms with E-state index in [0.29, 0.717) is 95.7 Å². The molecule has 384 valence electrons. The number of benzene rings is 2. The molecule has 3 aromatic heterocycles. The summed E-state index contributed by atoms with van der Waals surface area (Å²) in [6.45, 7) is 8.19. The van der Waals surface area contributed by atoms with Crippen LogP contribution < -0.4 is 0 Å². The van der Waals surface area contributed by atoms with E-state index in [-0.39, 0.29) is 35.6 Å². The minimum Gasteiger partial charge on any atom is -0.469 e. The van der Waals surface area contributed by atoms with Crippen molar-refractivity contribution in [2.24, 2.45) is 0 Å². The predicted molar refractivity (Wildman–Crippen MR) is 291 cm³/mol. The monoisotopic (exact) mass is 1030 g/mol. The van der Waals surface area contributed by atoms with Gasteiger partial charge in [0.15, 0.2) is 17.1 Å². The fourth-order valence-electron chi connectivity index (χ4n) is 13.3. The number of aryl methyl sites for hydroxylation is 4. The van der Waals surface area contributed by atoms with Crippen molar-refractivity contribution in [3.05, 3.63) is 191 Å². The Morgan fingerprint density at radius 1 is 0.566 bits per heavy atom. The molecule has 0 radical (unpaired) electrons. The van der Waals surface area contributed by atoms with E-state index in [9.17, 15) is 4.79 Å². The van der Waals surface area contributed by atoms with E-state index in [1.54, 1.807) is 79.7 Å². The molecule has 0 saturated heterocycles. The van der Waals surface area contributed by atoms with Crippen LogP contribution in [0.15, 0.2) is 112 Å². The van der Waals surface area contributed by atoms with Crippen molar-refractivity contribution >= 4 is 60.7 Å². The number of hydrogen-bond donors (Lipinski definition) is 0. The lowest BCUT2D eigenvalue weighted by Gasteiger charge is -2.34. The molecule has 8 nitrogen and oxygen atoms in total. The van der Waals surface area contributed by atoms with Crippen LogP contribution in [-0.4, -0.2) is 78.0 Å². The average molecular weight is 1030 g/mol. The summed E-state index contributed by atoms with van der Waals surface area (Å²) in [5.74, 6) is 12.4. The highest BCUT2D eigenvalue weighted by Crippen LogP contribution is 2.48. The fraction of sp³-hybridized carbons (Fsp3) is 0.254. The molecule has 0 spiro atoms. The summed E-state index contributed by atoms with van der Waals surface area (Å²) in [5, 5.41) is 0. The highest BCUT2D eigenvalue weighted by atomic mass is 19.3. The van der Waals surface area contributed by atoms with Gasteiger partial charge in [0, 0.05) is 101 Å². The number of fused-ring (bicyclic) bond motifs is 6. The normalized spacial score (nSPS) is 18.5. The zero-order chi connectivity index (χ0) is 54.6. The standard InChI is InChI=1S/C59H55B3F6N6O2/c1-32-28-36(5)69-54(32)52(55-33(2)29-37(6)70(55)60(69,63)64)46-20-14-44(15-21-46)18-24-48-40(9)58-50(26-27-51(75)76-13)59-41(10)49(43(12)74(59)62(67,68)73(58)42(48)11)25-19-45-16-22-47(23-17-45)53-56-34(3)30-38(7)71(56)61(65,66)72-39(8)31-35(4)57(53)72/h14-17,20-23,28-31H,26-27H2,1-13H3. The number of allylic oxidation sites excluding steroid dienone is 7. The first-order chi connectivity index (χ1) is 35.8. The van der Waals surface area contributed by atoms with E-state index in [0.717, 1.165) is 60.3 Å². The molecule has 76 heavy (non-hydrogen) atoms. The molecule has 6 aliphatic heterocycles. The zero-order valence-corrected chi connectivity index (χ0v) is 44.8. The molecule has 5 aromatic rings. The molecule has 9 heterocycles. The van der Waals surface area contributed by atoms with Crippen molar-refractivity contribution in [3.63, 3.8) is 0 Å². The van der Waals surface area contributed by atoms with Crippen LogP contribution in [0.5, 0.6) is 0 Å². The van der Waals surface area contributed by atoms with Crippen LogP contribution in [0.2, 0.25) is 0 Å². The van der Waals surface area contributed by atoms with Crippen molar-refractivity contribution in [3.8, 4) is 23.7 Å². The van der Waals surface area contributed by atoms with Gasteiger partial charge < -0.3 is 57.5 Å². The van der Waals surface area contributed by atoms with E-state index >= 15 is 25.9 Å². The predicted octanol–water partition coefficient (Wildman–Crippen LogP) is 12.0. The van der Waals surface area contributed by atoms with E-state index in [2.05, 4.69) is 23.7 Å². The van der Waals surface area contributed by atoms with Crippen LogP contribution >= 0.6 is 0 Å². The number of aromatic nitrogens is 3. The molecule has 11 rings (SSSR count). The summed E-state index contributed by atoms with van der Waals surface area (Å²) in [4.78, 5) is 12.7. The van der Waals surface area contributed by atoms with Crippen LogP contribution in [0.1, 0.15) is 133 Å². The molecular weight excluding hydrogens is 971 g/mol. The van der Waals surface area contributed by atoms with Crippen LogP contribution in [0.25, 0.3) is 16.7 Å². The van der Waals surface area contributed by atoms with E-state index in [1.807, 2.05) is 76.2 Å². The average Bonchev–Trinajstić information content (AvgIpc) is 4.19. The van der Waals surface area contributed by atoms with Crippen molar-refractivity contribution < 1.29 is 48.9 Å². The molecular formula is C59H55B3F6N6O2. The van der Waals surface area contributed by atoms with Gasteiger partial charge in [0.05, 0.1) is 23.8 Å². The second-order valence-electron chi connectivity index (χ2n) is 21.1. The Morgan fingerprint density at radius 2 is 1.01 bits per heavy atom. The lowest BCUT2D eigenvalue weighted by atomic mass is 9.83. The van der Waals surface area contributed by atoms with Gasteiger partial charge in [0.2, 0.25) is 0 Å². The van der Waals surface area contributed by atoms with E-state index in [4.69, 9.17) is 4.74 Å². The Morgan fingerprint density at radius 3 is 1.47 bits per heavy atom. The van der Waals surface area contributed by atoms with Gasteiger partial charge in [-0.25, -0.2) is 0 Å². The maximum absolute atomic E-state index is 17.6. The van der Waals surface area contributed by atoms with Gasteiger partial charge in [-0.2, -0.15) is 0 Å². The molecule has 0 amide bonds. The van der Waals surface area contributed by atoms with Crippen molar-refractivity contribution in [1.29, 1.82) is 0 Å². The molecule has 0 fully saturated rings. The summed E-state index contributed by atoms with van der Waals surface area (Å²) < 4.78 is 112. The Kier molecular flexibility index (Phi) is 11.3. The Hall–Kier alpha value is -7.91. The molecule has 2 aromatic carbocycles. The highest BCUT2D eigenvalue weighted by molar-refractivity contribution is 6.59. The van der Waals surface area contributed by atoms with Gasteiger partial charge in [-0.3, -0.25) is 4.79 Å². The smallest absolute Gasteiger partial charge is 0.469 e. The first kappa shape index (κ1) is 50.3. The topological polar surface area (TPSA) is 50.1 Å². The Labute approximate surface area is 439 Å². The highest BCUT2D eigenvalue weighted by Gasteiger charge is 2.58. The molecule has 0 atom stereocenters. The quantitative estimate of drug-likeness (QED) is 0.0762. The van der Waals surface area contributed by atoms with Gasteiger partial charge in [0.25, 0.3) is 0 Å². The van der Waals surface area contributed by atoms with E-state index in [1.165, 1.54) is 7.11 Å². The number of halogens is 6. The van der Waals surface area contributed by atoms with Crippen LogP contribution in [0, 0.1) is 65.2 Å². The third-order valence-corrected chi connectivity index (χ3v) is 16.3. The van der Waals surface area contributed by atoms with Crippen molar-refractivity contribution in [1.82, 2.24) is 13.4 Å². The first-order valence-corrected chi connectivity index (χ1v) is 25.5. The van der Waals surface area contributed by atoms with Gasteiger partial charge in [-0.15, -0.1) is 0 Å². The number of hydrogen-bond acceptors (Lipinski definition) is 2. The summed E-state index contributed by atoms with van der Waals surface area (Å²) in [6.07, 6.45) is 3.62. The number of nitrogens with zero attached hydrogens (tertiary/aromatic N) is 6. The van der Waals surface area contributed by atoms with E-state index < -0.39 is 26.9 Å². The second kappa shape index (κ2) is 17.1. The molecule has 17 heteroatoms. The van der Waals surface area contributed by atoms with Crippen LogP contribution in [0.4, 0.5) is 25.9 Å². The molecule has 0 unspecified atom stereocenters. The summed E-state index contributed by atoms with van der Waals surface area (Å²) in [5.41, 5.74) is 14.4. The Balaban J connectivity index is 0.963. The minimum atomic E-state index is -4.52. The summed E-state index contributed by atoms with van der Waals surface area (Å²) in [6, 6.07) is 18.3. The van der Waals surface area contributed by atoms with Gasteiger partial charge in [0.1, 0.15) is 17.1 Å². The summed E-state index contributed by atoms with van der Waals surface area (Å²) >= 11 is 0. The number of carbonyl (C=O) groups excluding carboxylic acids is 1. The van der Waals surface area contributed by atoms with Gasteiger partial charge in [-0.05, 0) is 144 Å². The number of ether oxygens (including phenoxy) is 1. The molecule has 0 saturated carbocycles. The molecule has 0 bridgehead atoms. The first-order valence-electron chi connectivity index (χ1n) is 25.5. The van der Waals surface area contributed by atoms with Crippen LogP contribution in [0.3, 0.4) is 0 Å². The number of methoxy groups -OCH3 is 1. The molecule has 0 aliphatic carbocycles. The van der Waals surface area contributed by atoms with Gasteiger partial charge in [-0.1, -0.05) is 47.9 Å². The summed E-state index contributed by atoms with van der Waals surface area (Å²) in [7, 11) is 1.29. The maximum Gasteiger partial charge on any atom is 0.737 e.